The van der Waals surface area contributed by atoms with E-state index in [9.17, 15) is 19.5 Å². The van der Waals surface area contributed by atoms with Crippen molar-refractivity contribution in [3.8, 4) is 11.1 Å². The number of carboxylic acids is 1. The van der Waals surface area contributed by atoms with Gasteiger partial charge >= 0.3 is 12.1 Å². The minimum Gasteiger partial charge on any atom is -0.479 e. The first-order valence-electron chi connectivity index (χ1n) is 11.2. The molecule has 1 aliphatic rings. The molecule has 3 aromatic carbocycles. The van der Waals surface area contributed by atoms with Gasteiger partial charge in [-0.15, -0.1) is 0 Å². The van der Waals surface area contributed by atoms with Crippen LogP contribution in [-0.4, -0.2) is 35.7 Å². The molecule has 0 aliphatic heterocycles. The number of benzene rings is 3. The van der Waals surface area contributed by atoms with Crippen molar-refractivity contribution >= 4 is 18.0 Å². The Morgan fingerprint density at radius 3 is 1.97 bits per heavy atom. The summed E-state index contributed by atoms with van der Waals surface area (Å²) in [6.07, 6.45) is -0.451. The van der Waals surface area contributed by atoms with Crippen molar-refractivity contribution in [2.75, 3.05) is 6.61 Å². The summed E-state index contributed by atoms with van der Waals surface area (Å²) in [7, 11) is 0. The monoisotopic (exact) mass is 458 g/mol. The van der Waals surface area contributed by atoms with Crippen LogP contribution in [0.15, 0.2) is 78.9 Å². The van der Waals surface area contributed by atoms with Gasteiger partial charge in [0.15, 0.2) is 6.04 Å². The number of fused-ring (bicyclic) bond motifs is 3. The van der Waals surface area contributed by atoms with Crippen LogP contribution in [0.2, 0.25) is 0 Å². The van der Waals surface area contributed by atoms with E-state index in [2.05, 4.69) is 22.8 Å². The Balaban J connectivity index is 1.39. The summed E-state index contributed by atoms with van der Waals surface area (Å²) < 4.78 is 5.51. The van der Waals surface area contributed by atoms with Crippen molar-refractivity contribution in [2.24, 2.45) is 0 Å². The molecule has 4 rings (SSSR count). The third kappa shape index (κ3) is 4.78. The zero-order valence-corrected chi connectivity index (χ0v) is 18.7. The van der Waals surface area contributed by atoms with Crippen LogP contribution in [0.3, 0.4) is 0 Å². The fraction of sp³-hybridized carbons (Fsp3) is 0.222. The number of ether oxygens (including phenoxy) is 1. The van der Waals surface area contributed by atoms with Crippen LogP contribution >= 0.6 is 0 Å². The maximum absolute atomic E-state index is 12.7. The number of carboxylic acid groups (broad SMARTS) is 1. The summed E-state index contributed by atoms with van der Waals surface area (Å²) in [5.41, 5.74) is 4.87. The van der Waals surface area contributed by atoms with Gasteiger partial charge in [-0.1, -0.05) is 85.8 Å². The zero-order chi connectivity index (χ0) is 24.1. The minimum atomic E-state index is -1.22. The second kappa shape index (κ2) is 10.2. The summed E-state index contributed by atoms with van der Waals surface area (Å²) in [4.78, 5) is 37.0. The minimum absolute atomic E-state index is 0.0958. The van der Waals surface area contributed by atoms with Gasteiger partial charge in [0.05, 0.1) is 0 Å². The van der Waals surface area contributed by atoms with Crippen molar-refractivity contribution < 1.29 is 24.2 Å². The van der Waals surface area contributed by atoms with Gasteiger partial charge in [-0.05, 0) is 34.2 Å². The fourth-order valence-electron chi connectivity index (χ4n) is 4.31. The van der Waals surface area contributed by atoms with E-state index in [1.54, 1.807) is 37.3 Å². The number of rotatable bonds is 8. The molecule has 0 aromatic heterocycles. The molecule has 2 atom stereocenters. The quantitative estimate of drug-likeness (QED) is 0.468. The Morgan fingerprint density at radius 2 is 1.41 bits per heavy atom. The highest BCUT2D eigenvalue weighted by Crippen LogP contribution is 2.44. The van der Waals surface area contributed by atoms with Crippen LogP contribution in [0.5, 0.6) is 0 Å². The van der Waals surface area contributed by atoms with Crippen molar-refractivity contribution in [3.63, 3.8) is 0 Å². The lowest BCUT2D eigenvalue weighted by Crippen LogP contribution is -2.48. The maximum Gasteiger partial charge on any atom is 0.407 e. The van der Waals surface area contributed by atoms with Gasteiger partial charge in [0.2, 0.25) is 5.91 Å². The average Bonchev–Trinajstić information content (AvgIpc) is 3.18. The number of aliphatic carboxylic acids is 1. The Labute approximate surface area is 197 Å². The summed E-state index contributed by atoms with van der Waals surface area (Å²) in [6, 6.07) is 22.3. The SMILES string of the molecule is CCC(NC(=O)OCC1c2ccccc2-c2ccccc21)C(=O)N[C@H](C(=O)O)c1ccccc1. The molecule has 174 valence electrons. The van der Waals surface area contributed by atoms with Gasteiger partial charge in [0.25, 0.3) is 0 Å². The third-order valence-corrected chi connectivity index (χ3v) is 6.03. The molecule has 3 aromatic rings. The molecule has 3 N–H and O–H groups in total. The first kappa shape index (κ1) is 23.0. The molecule has 0 spiro atoms. The Kier molecular flexibility index (Phi) is 6.92. The number of alkyl carbamates (subject to hydrolysis) is 1. The molecule has 34 heavy (non-hydrogen) atoms. The van der Waals surface area contributed by atoms with Crippen LogP contribution in [0.1, 0.15) is 42.0 Å². The number of nitrogens with one attached hydrogen (secondary N) is 2. The lowest BCUT2D eigenvalue weighted by Gasteiger charge is -2.21. The van der Waals surface area contributed by atoms with Crippen LogP contribution in [0, 0.1) is 0 Å². The van der Waals surface area contributed by atoms with Gasteiger partial charge in [0.1, 0.15) is 12.6 Å². The normalized spacial score (nSPS) is 13.8. The third-order valence-electron chi connectivity index (χ3n) is 6.03. The second-order valence-corrected chi connectivity index (χ2v) is 8.12. The van der Waals surface area contributed by atoms with Crippen LogP contribution in [-0.2, 0) is 14.3 Å². The van der Waals surface area contributed by atoms with E-state index in [4.69, 9.17) is 4.74 Å². The Bertz CT molecular complexity index is 1150. The summed E-state index contributed by atoms with van der Waals surface area (Å²) >= 11 is 0. The van der Waals surface area contributed by atoms with Gasteiger partial charge in [-0.2, -0.15) is 0 Å². The fourth-order valence-corrected chi connectivity index (χ4v) is 4.31. The molecule has 0 saturated heterocycles. The number of amides is 2. The molecule has 7 heteroatoms. The highest BCUT2D eigenvalue weighted by atomic mass is 16.5. The number of carbonyl (C=O) groups is 3. The predicted molar refractivity (Wildman–Crippen MR) is 127 cm³/mol. The van der Waals surface area contributed by atoms with Crippen molar-refractivity contribution in [2.45, 2.75) is 31.3 Å². The molecule has 7 nitrogen and oxygen atoms in total. The molecule has 1 unspecified atom stereocenters. The maximum atomic E-state index is 12.7. The molecule has 0 fully saturated rings. The zero-order valence-electron chi connectivity index (χ0n) is 18.7. The van der Waals surface area contributed by atoms with E-state index in [0.717, 1.165) is 22.3 Å². The van der Waals surface area contributed by atoms with Crippen molar-refractivity contribution in [1.82, 2.24) is 10.6 Å². The Morgan fingerprint density at radius 1 is 0.853 bits per heavy atom. The smallest absolute Gasteiger partial charge is 0.407 e. The largest absolute Gasteiger partial charge is 0.479 e. The predicted octanol–water partition coefficient (Wildman–Crippen LogP) is 4.25. The summed E-state index contributed by atoms with van der Waals surface area (Å²) in [5.74, 6) is -1.87. The van der Waals surface area contributed by atoms with E-state index >= 15 is 0 Å². The highest BCUT2D eigenvalue weighted by molar-refractivity contribution is 5.89. The average molecular weight is 459 g/mol. The molecule has 0 radical (unpaired) electrons. The van der Waals surface area contributed by atoms with E-state index in [1.807, 2.05) is 36.4 Å². The number of carbonyl (C=O) groups excluding carboxylic acids is 2. The molecule has 2 amide bonds. The molecule has 0 heterocycles. The van der Waals surface area contributed by atoms with Gasteiger partial charge < -0.3 is 20.5 Å². The molecular formula is C27H26N2O5. The second-order valence-electron chi connectivity index (χ2n) is 8.12. The summed E-state index contributed by atoms with van der Waals surface area (Å²) in [6.45, 7) is 1.85. The highest BCUT2D eigenvalue weighted by Gasteiger charge is 2.30. The first-order chi connectivity index (χ1) is 16.5. The van der Waals surface area contributed by atoms with Gasteiger partial charge in [-0.25, -0.2) is 9.59 Å². The number of hydrogen-bond donors (Lipinski definition) is 3. The van der Waals surface area contributed by atoms with E-state index in [-0.39, 0.29) is 18.9 Å². The molecular weight excluding hydrogens is 432 g/mol. The van der Waals surface area contributed by atoms with Crippen molar-refractivity contribution in [3.05, 3.63) is 95.6 Å². The van der Waals surface area contributed by atoms with Crippen LogP contribution in [0.25, 0.3) is 11.1 Å². The number of hydrogen-bond acceptors (Lipinski definition) is 4. The topological polar surface area (TPSA) is 105 Å². The van der Waals surface area contributed by atoms with Crippen LogP contribution < -0.4 is 10.6 Å². The van der Waals surface area contributed by atoms with Gasteiger partial charge in [0, 0.05) is 5.92 Å². The lowest BCUT2D eigenvalue weighted by atomic mass is 9.98. The van der Waals surface area contributed by atoms with Crippen LogP contribution in [0.4, 0.5) is 4.79 Å². The van der Waals surface area contributed by atoms with E-state index < -0.39 is 30.1 Å². The van der Waals surface area contributed by atoms with Gasteiger partial charge in [-0.3, -0.25) is 4.79 Å². The molecule has 0 bridgehead atoms. The standard InChI is InChI=1S/C27H26N2O5/c1-2-23(25(30)29-24(26(31)32)17-10-4-3-5-11-17)28-27(33)34-16-22-20-14-8-6-12-18(20)19-13-7-9-15-21(19)22/h3-15,22-24H,2,16H2,1H3,(H,28,33)(H,29,30)(H,31,32)/t23?,24-/m0/s1. The summed E-state index contributed by atoms with van der Waals surface area (Å²) in [5, 5.41) is 14.6. The Hall–Kier alpha value is -4.13. The first-order valence-corrected chi connectivity index (χ1v) is 11.2. The molecule has 0 saturated carbocycles. The van der Waals surface area contributed by atoms with Crippen molar-refractivity contribution in [1.29, 1.82) is 0 Å². The van der Waals surface area contributed by atoms with E-state index in [1.165, 1.54) is 0 Å². The van der Waals surface area contributed by atoms with E-state index in [0.29, 0.717) is 5.56 Å². The lowest BCUT2D eigenvalue weighted by molar-refractivity contribution is -0.142. The molecule has 1 aliphatic carbocycles.